The maximum absolute atomic E-state index is 10.6. The van der Waals surface area contributed by atoms with Crippen molar-refractivity contribution in [2.24, 2.45) is 0 Å². The van der Waals surface area contributed by atoms with Gasteiger partial charge in [-0.2, -0.15) is 0 Å². The van der Waals surface area contributed by atoms with Gasteiger partial charge in [-0.15, -0.1) is 0 Å². The predicted octanol–water partition coefficient (Wildman–Crippen LogP) is 6.45. The van der Waals surface area contributed by atoms with Crippen LogP contribution in [0.15, 0.2) is 69.6 Å². The van der Waals surface area contributed by atoms with E-state index in [-0.39, 0.29) is 0 Å². The van der Waals surface area contributed by atoms with Crippen molar-refractivity contribution in [2.75, 3.05) is 11.9 Å². The molecule has 0 amide bonds. The highest BCUT2D eigenvalue weighted by atomic mass is 79.9. The van der Waals surface area contributed by atoms with Crippen LogP contribution in [0.2, 0.25) is 5.02 Å². The Balaban J connectivity index is 1.63. The molecule has 1 unspecified atom stereocenters. The second-order valence-corrected chi connectivity index (χ2v) is 8.74. The number of anilines is 1. The van der Waals surface area contributed by atoms with Crippen molar-refractivity contribution < 1.29 is 5.11 Å². The topological polar surface area (TPSA) is 37.2 Å². The average molecular weight is 509 g/mol. The van der Waals surface area contributed by atoms with Gasteiger partial charge in [0.1, 0.15) is 0 Å². The highest BCUT2D eigenvalue weighted by molar-refractivity contribution is 9.10. The zero-order valence-corrected chi connectivity index (χ0v) is 18.2. The molecule has 0 bridgehead atoms. The predicted molar refractivity (Wildman–Crippen MR) is 121 cm³/mol. The van der Waals surface area contributed by atoms with E-state index in [1.54, 1.807) is 0 Å². The number of nitrogens with one attached hydrogen (secondary N) is 1. The second-order valence-electron chi connectivity index (χ2n) is 6.48. The smallest absolute Gasteiger partial charge is 0.0891 e. The molecule has 27 heavy (non-hydrogen) atoms. The van der Waals surface area contributed by atoms with Crippen LogP contribution in [0.1, 0.15) is 0 Å². The van der Waals surface area contributed by atoms with E-state index in [2.05, 4.69) is 53.9 Å². The minimum absolute atomic E-state index is 0.465. The van der Waals surface area contributed by atoms with E-state index >= 15 is 0 Å². The van der Waals surface area contributed by atoms with Gasteiger partial charge in [0.05, 0.1) is 12.6 Å². The molecule has 1 heterocycles. The van der Waals surface area contributed by atoms with Gasteiger partial charge in [0.15, 0.2) is 0 Å². The number of fused-ring (bicyclic) bond motifs is 3. The number of halogens is 3. The van der Waals surface area contributed by atoms with Crippen LogP contribution in [0.25, 0.3) is 21.8 Å². The van der Waals surface area contributed by atoms with Crippen molar-refractivity contribution in [1.29, 1.82) is 0 Å². The monoisotopic (exact) mass is 506 g/mol. The number of rotatable bonds is 5. The molecule has 0 aliphatic carbocycles. The van der Waals surface area contributed by atoms with Crippen molar-refractivity contribution in [3.05, 3.63) is 74.6 Å². The lowest BCUT2D eigenvalue weighted by Crippen LogP contribution is -2.24. The first-order valence-corrected chi connectivity index (χ1v) is 10.5. The average Bonchev–Trinajstić information content (AvgIpc) is 2.94. The first-order chi connectivity index (χ1) is 13.0. The third-order valence-electron chi connectivity index (χ3n) is 4.57. The van der Waals surface area contributed by atoms with Crippen molar-refractivity contribution in [3.8, 4) is 0 Å². The number of aliphatic hydroxyl groups excluding tert-OH is 1. The number of hydrogen-bond acceptors (Lipinski definition) is 2. The molecular weight excluding hydrogens is 492 g/mol. The fourth-order valence-electron chi connectivity index (χ4n) is 3.32. The summed E-state index contributed by atoms with van der Waals surface area (Å²) in [5, 5.41) is 16.8. The van der Waals surface area contributed by atoms with Crippen molar-refractivity contribution in [1.82, 2.24) is 4.57 Å². The van der Waals surface area contributed by atoms with Crippen LogP contribution in [0.5, 0.6) is 0 Å². The zero-order chi connectivity index (χ0) is 19.0. The first kappa shape index (κ1) is 18.8. The molecule has 6 heteroatoms. The summed E-state index contributed by atoms with van der Waals surface area (Å²) in [5.41, 5.74) is 3.13. The fourth-order valence-corrected chi connectivity index (χ4v) is 4.12. The maximum atomic E-state index is 10.6. The van der Waals surface area contributed by atoms with Gasteiger partial charge in [-0.3, -0.25) is 0 Å². The first-order valence-electron chi connectivity index (χ1n) is 8.56. The maximum Gasteiger partial charge on any atom is 0.0891 e. The molecule has 1 aromatic heterocycles. The lowest BCUT2D eigenvalue weighted by atomic mass is 10.1. The summed E-state index contributed by atoms with van der Waals surface area (Å²) in [6.07, 6.45) is -0.535. The number of aromatic nitrogens is 1. The Morgan fingerprint density at radius 3 is 2.26 bits per heavy atom. The summed E-state index contributed by atoms with van der Waals surface area (Å²) in [4.78, 5) is 0. The molecule has 1 atom stereocenters. The normalized spacial score (nSPS) is 12.6. The summed E-state index contributed by atoms with van der Waals surface area (Å²) in [7, 11) is 0. The largest absolute Gasteiger partial charge is 0.389 e. The molecule has 0 aliphatic rings. The molecular formula is C21H17Br2ClN2O. The Hall–Kier alpha value is -1.53. The molecule has 3 aromatic carbocycles. The van der Waals surface area contributed by atoms with Crippen molar-refractivity contribution >= 4 is 71.0 Å². The van der Waals surface area contributed by atoms with Crippen LogP contribution >= 0.6 is 43.5 Å². The molecule has 4 aromatic rings. The molecule has 0 spiro atoms. The van der Waals surface area contributed by atoms with Crippen LogP contribution < -0.4 is 5.32 Å². The SMILES string of the molecule is OC(CNc1ccc(Br)cc1)Cn1c2ccc(Cl)cc2c2cc(Br)ccc21. The van der Waals surface area contributed by atoms with Crippen LogP contribution in [-0.2, 0) is 6.54 Å². The van der Waals surface area contributed by atoms with E-state index in [0.29, 0.717) is 18.1 Å². The lowest BCUT2D eigenvalue weighted by Gasteiger charge is -2.15. The van der Waals surface area contributed by atoms with E-state index in [4.69, 9.17) is 11.6 Å². The van der Waals surface area contributed by atoms with Crippen LogP contribution in [-0.4, -0.2) is 22.3 Å². The highest BCUT2D eigenvalue weighted by Gasteiger charge is 2.14. The van der Waals surface area contributed by atoms with Crippen LogP contribution in [0, 0.1) is 0 Å². The lowest BCUT2D eigenvalue weighted by molar-refractivity contribution is 0.169. The van der Waals surface area contributed by atoms with Gasteiger partial charge in [0.25, 0.3) is 0 Å². The van der Waals surface area contributed by atoms with Gasteiger partial charge < -0.3 is 15.0 Å². The van der Waals surface area contributed by atoms with Gasteiger partial charge >= 0.3 is 0 Å². The molecule has 0 fully saturated rings. The van der Waals surface area contributed by atoms with Gasteiger partial charge in [-0.1, -0.05) is 43.5 Å². The van der Waals surface area contributed by atoms with Crippen LogP contribution in [0.4, 0.5) is 5.69 Å². The summed E-state index contributed by atoms with van der Waals surface area (Å²) in [5.74, 6) is 0. The standard InChI is InChI=1S/C21H17Br2ClN2O/c22-13-1-5-16(6-2-13)25-11-17(27)12-26-20-7-3-14(23)9-18(20)19-10-15(24)4-8-21(19)26/h1-10,17,25,27H,11-12H2. The summed E-state index contributed by atoms with van der Waals surface area (Å²) in [6.45, 7) is 0.958. The highest BCUT2D eigenvalue weighted by Crippen LogP contribution is 2.33. The quantitative estimate of drug-likeness (QED) is 0.325. The van der Waals surface area contributed by atoms with E-state index in [1.165, 1.54) is 0 Å². The molecule has 0 aliphatic heterocycles. The minimum atomic E-state index is -0.535. The number of nitrogens with zero attached hydrogens (tertiary/aromatic N) is 1. The summed E-state index contributed by atoms with van der Waals surface area (Å²) < 4.78 is 4.21. The number of benzene rings is 3. The molecule has 2 N–H and O–H groups in total. The van der Waals surface area contributed by atoms with E-state index in [0.717, 1.165) is 36.4 Å². The Bertz CT molecular complexity index is 1050. The minimum Gasteiger partial charge on any atom is -0.389 e. The van der Waals surface area contributed by atoms with Gasteiger partial charge in [0, 0.05) is 48.0 Å². The molecule has 0 saturated heterocycles. The van der Waals surface area contributed by atoms with E-state index in [9.17, 15) is 5.11 Å². The third kappa shape index (κ3) is 4.02. The fraction of sp³-hybridized carbons (Fsp3) is 0.143. The summed E-state index contributed by atoms with van der Waals surface area (Å²) >= 11 is 13.2. The molecule has 138 valence electrons. The molecule has 4 rings (SSSR count). The second kappa shape index (κ2) is 7.84. The van der Waals surface area contributed by atoms with E-state index in [1.807, 2.05) is 48.5 Å². The Kier molecular flexibility index (Phi) is 5.46. The zero-order valence-electron chi connectivity index (χ0n) is 14.3. The number of hydrogen-bond donors (Lipinski definition) is 2. The van der Waals surface area contributed by atoms with E-state index < -0.39 is 6.10 Å². The van der Waals surface area contributed by atoms with Crippen LogP contribution in [0.3, 0.4) is 0 Å². The van der Waals surface area contributed by atoms with Crippen molar-refractivity contribution in [2.45, 2.75) is 12.6 Å². The third-order valence-corrected chi connectivity index (χ3v) is 5.83. The van der Waals surface area contributed by atoms with Crippen molar-refractivity contribution in [3.63, 3.8) is 0 Å². The Morgan fingerprint density at radius 2 is 1.52 bits per heavy atom. The van der Waals surface area contributed by atoms with Gasteiger partial charge in [-0.05, 0) is 60.7 Å². The summed E-state index contributed by atoms with van der Waals surface area (Å²) in [6, 6.07) is 20.0. The van der Waals surface area contributed by atoms with Gasteiger partial charge in [-0.25, -0.2) is 0 Å². The Labute approximate surface area is 179 Å². The molecule has 0 saturated carbocycles. The van der Waals surface area contributed by atoms with Gasteiger partial charge in [0.2, 0.25) is 0 Å². The molecule has 3 nitrogen and oxygen atoms in total. The molecule has 0 radical (unpaired) electrons. The number of aliphatic hydroxyl groups is 1. The Morgan fingerprint density at radius 1 is 0.889 bits per heavy atom.